The van der Waals surface area contributed by atoms with Gasteiger partial charge in [0, 0.05) is 6.04 Å². The van der Waals surface area contributed by atoms with Gasteiger partial charge in [-0.1, -0.05) is 0 Å². The number of aromatic nitrogens is 2. The van der Waals surface area contributed by atoms with Crippen molar-refractivity contribution < 1.29 is 4.79 Å². The predicted octanol–water partition coefficient (Wildman–Crippen LogP) is 1.63. The summed E-state index contributed by atoms with van der Waals surface area (Å²) in [6.45, 7) is 4.37. The van der Waals surface area contributed by atoms with E-state index in [0.717, 1.165) is 4.60 Å². The Labute approximate surface area is 91.8 Å². The molecule has 0 saturated heterocycles. The Balaban J connectivity index is 2.95. The first kappa shape index (κ1) is 11.4. The Kier molecular flexibility index (Phi) is 3.83. The average Bonchev–Trinajstić information content (AvgIpc) is 2.47. The van der Waals surface area contributed by atoms with Crippen molar-refractivity contribution in [2.75, 3.05) is 13.6 Å². The topological polar surface area (TPSA) is 46.9 Å². The molecule has 4 nitrogen and oxygen atoms in total. The van der Waals surface area contributed by atoms with Gasteiger partial charge in [-0.15, -0.1) is 0 Å². The summed E-state index contributed by atoms with van der Waals surface area (Å²) in [5.41, 5.74) is 0.632. The van der Waals surface area contributed by atoms with Crippen LogP contribution >= 0.6 is 15.9 Å². The summed E-state index contributed by atoms with van der Waals surface area (Å²) in [7, 11) is 1.75. The molecule has 0 aliphatic carbocycles. The molecular weight excluding hydrogens is 246 g/mol. The number of hydrogen-bond donors (Lipinski definition) is 1. The molecule has 0 saturated carbocycles. The highest BCUT2D eigenvalue weighted by Crippen LogP contribution is 2.20. The molecule has 0 aromatic carbocycles. The van der Waals surface area contributed by atoms with Gasteiger partial charge in [-0.05, 0) is 36.8 Å². The third kappa shape index (κ3) is 2.22. The third-order valence-electron chi connectivity index (χ3n) is 1.86. The van der Waals surface area contributed by atoms with Crippen LogP contribution < -0.4 is 5.32 Å². The fraction of sp³-hybridized carbons (Fsp3) is 0.556. The first-order chi connectivity index (χ1) is 6.57. The minimum Gasteiger partial charge on any atom is -0.313 e. The predicted molar refractivity (Wildman–Crippen MR) is 58.6 cm³/mol. The first-order valence-electron chi connectivity index (χ1n) is 4.48. The van der Waals surface area contributed by atoms with Crippen molar-refractivity contribution in [3.05, 3.63) is 16.4 Å². The van der Waals surface area contributed by atoms with Gasteiger partial charge < -0.3 is 5.32 Å². The van der Waals surface area contributed by atoms with Crippen LogP contribution in [-0.4, -0.2) is 29.2 Å². The second kappa shape index (κ2) is 4.70. The molecule has 0 fully saturated rings. The number of nitrogens with zero attached hydrogens (tertiary/aromatic N) is 2. The highest BCUT2D eigenvalue weighted by atomic mass is 79.9. The number of carbonyl (C=O) groups excluding carboxylic acids is 1. The van der Waals surface area contributed by atoms with Crippen LogP contribution in [0.4, 0.5) is 0 Å². The van der Waals surface area contributed by atoms with E-state index in [2.05, 4.69) is 26.3 Å². The lowest BCUT2D eigenvalue weighted by molar-refractivity contribution is 0.0992. The van der Waals surface area contributed by atoms with Gasteiger partial charge in [0.05, 0.1) is 18.3 Å². The third-order valence-corrected chi connectivity index (χ3v) is 2.65. The lowest BCUT2D eigenvalue weighted by Gasteiger charge is -2.06. The van der Waals surface area contributed by atoms with Crippen LogP contribution in [-0.2, 0) is 0 Å². The van der Waals surface area contributed by atoms with E-state index >= 15 is 0 Å². The zero-order valence-corrected chi connectivity index (χ0v) is 10.1. The summed E-state index contributed by atoms with van der Waals surface area (Å²) in [6, 6.07) is 0.250. The van der Waals surface area contributed by atoms with E-state index in [4.69, 9.17) is 0 Å². The molecule has 1 aromatic heterocycles. The molecule has 1 rings (SSSR count). The van der Waals surface area contributed by atoms with Crippen molar-refractivity contribution in [2.45, 2.75) is 19.9 Å². The van der Waals surface area contributed by atoms with E-state index < -0.39 is 0 Å². The summed E-state index contributed by atoms with van der Waals surface area (Å²) in [6.07, 6.45) is 1.60. The highest BCUT2D eigenvalue weighted by Gasteiger charge is 2.15. The SMILES string of the molecule is CNCC(=O)c1cnn(C(C)C)c1Br. The highest BCUT2D eigenvalue weighted by molar-refractivity contribution is 9.10. The summed E-state index contributed by atoms with van der Waals surface area (Å²) in [4.78, 5) is 11.6. The molecule has 0 spiro atoms. The zero-order valence-electron chi connectivity index (χ0n) is 8.54. The molecule has 0 aliphatic heterocycles. The number of rotatable bonds is 4. The Morgan fingerprint density at radius 1 is 1.71 bits per heavy atom. The molecule has 0 amide bonds. The number of Topliss-reactive ketones (excluding diaryl/α,β-unsaturated/α-hetero) is 1. The standard InChI is InChI=1S/C9H14BrN3O/c1-6(2)13-9(10)7(4-12-13)8(14)5-11-3/h4,6,11H,5H2,1-3H3. The van der Waals surface area contributed by atoms with Crippen LogP contribution in [0.25, 0.3) is 0 Å². The van der Waals surface area contributed by atoms with E-state index in [-0.39, 0.29) is 11.8 Å². The molecule has 0 unspecified atom stereocenters. The van der Waals surface area contributed by atoms with E-state index in [0.29, 0.717) is 12.1 Å². The van der Waals surface area contributed by atoms with Gasteiger partial charge in [0.15, 0.2) is 5.78 Å². The Morgan fingerprint density at radius 2 is 2.36 bits per heavy atom. The van der Waals surface area contributed by atoms with Crippen molar-refractivity contribution >= 4 is 21.7 Å². The fourth-order valence-corrected chi connectivity index (χ4v) is 1.97. The molecule has 0 bridgehead atoms. The minimum atomic E-state index is 0.0475. The number of halogens is 1. The van der Waals surface area contributed by atoms with Crippen LogP contribution in [0.5, 0.6) is 0 Å². The summed E-state index contributed by atoms with van der Waals surface area (Å²) < 4.78 is 2.54. The monoisotopic (exact) mass is 259 g/mol. The largest absolute Gasteiger partial charge is 0.313 e. The lowest BCUT2D eigenvalue weighted by Crippen LogP contribution is -2.18. The first-order valence-corrected chi connectivity index (χ1v) is 5.28. The van der Waals surface area contributed by atoms with Crippen molar-refractivity contribution in [3.8, 4) is 0 Å². The minimum absolute atomic E-state index is 0.0475. The number of likely N-dealkylation sites (N-methyl/N-ethyl adjacent to an activating group) is 1. The van der Waals surface area contributed by atoms with Crippen molar-refractivity contribution in [1.29, 1.82) is 0 Å². The van der Waals surface area contributed by atoms with Crippen LogP contribution in [0.3, 0.4) is 0 Å². The Hall–Kier alpha value is -0.680. The van der Waals surface area contributed by atoms with Gasteiger partial charge >= 0.3 is 0 Å². The van der Waals surface area contributed by atoms with E-state index in [1.807, 2.05) is 13.8 Å². The van der Waals surface area contributed by atoms with Crippen LogP contribution in [0.15, 0.2) is 10.8 Å². The molecular formula is C9H14BrN3O. The van der Waals surface area contributed by atoms with Crippen LogP contribution in [0, 0.1) is 0 Å². The van der Waals surface area contributed by atoms with Crippen LogP contribution in [0.1, 0.15) is 30.2 Å². The summed E-state index contributed by atoms with van der Waals surface area (Å²) in [5, 5.41) is 6.96. The maximum Gasteiger partial charge on any atom is 0.180 e. The Bertz CT molecular complexity index is 333. The number of hydrogen-bond acceptors (Lipinski definition) is 3. The second-order valence-corrected chi connectivity index (χ2v) is 4.09. The van der Waals surface area contributed by atoms with Crippen molar-refractivity contribution in [1.82, 2.24) is 15.1 Å². The quantitative estimate of drug-likeness (QED) is 0.837. The van der Waals surface area contributed by atoms with E-state index in [9.17, 15) is 4.79 Å². The second-order valence-electron chi connectivity index (χ2n) is 3.34. The lowest BCUT2D eigenvalue weighted by atomic mass is 10.2. The maximum atomic E-state index is 11.6. The van der Waals surface area contributed by atoms with Gasteiger partial charge in [-0.2, -0.15) is 5.10 Å². The molecule has 14 heavy (non-hydrogen) atoms. The smallest absolute Gasteiger partial charge is 0.180 e. The number of ketones is 1. The molecule has 0 aliphatic rings. The van der Waals surface area contributed by atoms with Gasteiger partial charge in [-0.25, -0.2) is 0 Å². The van der Waals surface area contributed by atoms with E-state index in [1.165, 1.54) is 0 Å². The molecule has 1 N–H and O–H groups in total. The summed E-state index contributed by atoms with van der Waals surface area (Å²) in [5.74, 6) is 0.0475. The normalized spacial score (nSPS) is 10.9. The molecule has 1 heterocycles. The van der Waals surface area contributed by atoms with Crippen molar-refractivity contribution in [2.24, 2.45) is 0 Å². The van der Waals surface area contributed by atoms with Crippen molar-refractivity contribution in [3.63, 3.8) is 0 Å². The average molecular weight is 260 g/mol. The molecule has 0 atom stereocenters. The number of carbonyl (C=O) groups is 1. The van der Waals surface area contributed by atoms with Gasteiger partial charge in [0.1, 0.15) is 4.60 Å². The van der Waals surface area contributed by atoms with Gasteiger partial charge in [0.25, 0.3) is 0 Å². The zero-order chi connectivity index (χ0) is 10.7. The summed E-state index contributed by atoms with van der Waals surface area (Å²) >= 11 is 3.37. The maximum absolute atomic E-state index is 11.6. The molecule has 0 radical (unpaired) electrons. The Morgan fingerprint density at radius 3 is 2.79 bits per heavy atom. The molecule has 5 heteroatoms. The molecule has 78 valence electrons. The van der Waals surface area contributed by atoms with Crippen LogP contribution in [0.2, 0.25) is 0 Å². The molecule has 1 aromatic rings. The van der Waals surface area contributed by atoms with Gasteiger partial charge in [0.2, 0.25) is 0 Å². The van der Waals surface area contributed by atoms with Gasteiger partial charge in [-0.3, -0.25) is 9.48 Å². The van der Waals surface area contributed by atoms with E-state index in [1.54, 1.807) is 17.9 Å². The number of nitrogens with one attached hydrogen (secondary N) is 1. The fourth-order valence-electron chi connectivity index (χ4n) is 1.15.